The average molecular weight is 541 g/mol. The van der Waals surface area contributed by atoms with E-state index in [-0.39, 0.29) is 0 Å². The van der Waals surface area contributed by atoms with Gasteiger partial charge in [0, 0.05) is 43.5 Å². The molecule has 39 heavy (non-hydrogen) atoms. The Labute approximate surface area is 236 Å². The molecule has 0 aliphatic rings. The zero-order valence-electron chi connectivity index (χ0n) is 23.1. The Morgan fingerprint density at radius 2 is 1.74 bits per heavy atom. The number of fused-ring (bicyclic) bond motifs is 1. The van der Waals surface area contributed by atoms with Crippen molar-refractivity contribution in [2.24, 2.45) is 0 Å². The van der Waals surface area contributed by atoms with E-state index in [4.69, 9.17) is 21.3 Å². The molecule has 2 aromatic heterocycles. The zero-order chi connectivity index (χ0) is 27.2. The fourth-order valence-electron chi connectivity index (χ4n) is 5.19. The molecule has 5 nitrogen and oxygen atoms in total. The first kappa shape index (κ1) is 27.0. The Bertz CT molecular complexity index is 1540. The van der Waals surface area contributed by atoms with E-state index in [9.17, 15) is 0 Å². The molecule has 0 amide bonds. The maximum absolute atomic E-state index is 6.93. The average Bonchev–Trinajstić information content (AvgIpc) is 3.52. The summed E-state index contributed by atoms with van der Waals surface area (Å²) in [5.41, 5.74) is 7.02. The number of benzene rings is 3. The predicted octanol–water partition coefficient (Wildman–Crippen LogP) is 8.39. The van der Waals surface area contributed by atoms with Crippen molar-refractivity contribution in [1.29, 1.82) is 0 Å². The summed E-state index contributed by atoms with van der Waals surface area (Å²) in [4.78, 5) is 10.7. The second-order valence-corrected chi connectivity index (χ2v) is 10.5. The van der Waals surface area contributed by atoms with Crippen molar-refractivity contribution in [2.75, 3.05) is 6.61 Å². The van der Waals surface area contributed by atoms with Gasteiger partial charge in [-0.05, 0) is 72.7 Å². The highest BCUT2D eigenvalue weighted by Gasteiger charge is 2.21. The largest absolute Gasteiger partial charge is 0.494 e. The van der Waals surface area contributed by atoms with Crippen molar-refractivity contribution < 1.29 is 4.74 Å². The van der Waals surface area contributed by atoms with Gasteiger partial charge in [0.25, 0.3) is 0 Å². The molecule has 0 aliphatic heterocycles. The molecule has 0 radical (unpaired) electrons. The van der Waals surface area contributed by atoms with Crippen LogP contribution in [0.1, 0.15) is 49.1 Å². The standard InChI is InChI=1S/C33H37ClN4O/c1-4-6-18-38-31(32(34)36-33(38)29-13-8-7-10-24(29)3)23-37(21-25-11-9-12-28(20-25)39-5-2)22-26-14-15-30-27(19-26)16-17-35-30/h7-17,19-20,35H,4-6,18,21-23H2,1-3H3. The minimum atomic E-state index is 0.582. The fraction of sp³-hybridized carbons (Fsp3) is 0.303. The highest BCUT2D eigenvalue weighted by atomic mass is 35.5. The molecular formula is C33H37ClN4O. The van der Waals surface area contributed by atoms with Gasteiger partial charge in [-0.3, -0.25) is 4.90 Å². The van der Waals surface area contributed by atoms with Crippen LogP contribution in [-0.4, -0.2) is 26.0 Å². The molecule has 0 spiro atoms. The number of nitrogens with one attached hydrogen (secondary N) is 1. The maximum atomic E-state index is 6.93. The molecule has 0 saturated carbocycles. The van der Waals surface area contributed by atoms with Gasteiger partial charge in [-0.2, -0.15) is 0 Å². The number of aromatic nitrogens is 3. The third-order valence-corrected chi connectivity index (χ3v) is 7.46. The highest BCUT2D eigenvalue weighted by molar-refractivity contribution is 6.30. The minimum absolute atomic E-state index is 0.582. The van der Waals surface area contributed by atoms with Gasteiger partial charge in [0.1, 0.15) is 11.6 Å². The predicted molar refractivity (Wildman–Crippen MR) is 161 cm³/mol. The first-order valence-electron chi connectivity index (χ1n) is 13.9. The Hall–Kier alpha value is -3.54. The summed E-state index contributed by atoms with van der Waals surface area (Å²) in [6.45, 7) is 10.1. The fourth-order valence-corrected chi connectivity index (χ4v) is 5.43. The van der Waals surface area contributed by atoms with Gasteiger partial charge in [-0.25, -0.2) is 4.98 Å². The van der Waals surface area contributed by atoms with Crippen molar-refractivity contribution in [3.05, 3.63) is 107 Å². The van der Waals surface area contributed by atoms with Crippen LogP contribution in [0.25, 0.3) is 22.3 Å². The molecule has 3 aromatic carbocycles. The second-order valence-electron chi connectivity index (χ2n) is 10.1. The first-order chi connectivity index (χ1) is 19.1. The van der Waals surface area contributed by atoms with Gasteiger partial charge >= 0.3 is 0 Å². The van der Waals surface area contributed by atoms with Gasteiger partial charge in [0.2, 0.25) is 0 Å². The van der Waals surface area contributed by atoms with Crippen LogP contribution >= 0.6 is 11.6 Å². The molecule has 0 bridgehead atoms. The number of aryl methyl sites for hydroxylation is 1. The van der Waals surface area contributed by atoms with Crippen molar-refractivity contribution >= 4 is 22.5 Å². The van der Waals surface area contributed by atoms with Crippen LogP contribution in [0, 0.1) is 6.92 Å². The molecule has 5 aromatic rings. The zero-order valence-corrected chi connectivity index (χ0v) is 23.8. The lowest BCUT2D eigenvalue weighted by atomic mass is 10.1. The normalized spacial score (nSPS) is 11.5. The van der Waals surface area contributed by atoms with Crippen LogP contribution in [0.5, 0.6) is 5.75 Å². The summed E-state index contributed by atoms with van der Waals surface area (Å²) in [6, 6.07) is 25.6. The lowest BCUT2D eigenvalue weighted by Crippen LogP contribution is -2.24. The Balaban J connectivity index is 1.51. The number of imidazole rings is 1. The summed E-state index contributed by atoms with van der Waals surface area (Å²) in [5, 5.41) is 1.80. The van der Waals surface area contributed by atoms with Crippen molar-refractivity contribution in [1.82, 2.24) is 19.4 Å². The number of nitrogens with zero attached hydrogens (tertiary/aromatic N) is 3. The van der Waals surface area contributed by atoms with E-state index in [1.54, 1.807) is 0 Å². The molecule has 2 heterocycles. The minimum Gasteiger partial charge on any atom is -0.494 e. The smallest absolute Gasteiger partial charge is 0.152 e. The highest BCUT2D eigenvalue weighted by Crippen LogP contribution is 2.30. The Morgan fingerprint density at radius 3 is 2.54 bits per heavy atom. The number of rotatable bonds is 12. The SMILES string of the molecule is CCCCn1c(-c2ccccc2C)nc(Cl)c1CN(Cc1cccc(OCC)c1)Cc1ccc2[nH]ccc2c1. The van der Waals surface area contributed by atoms with Crippen molar-refractivity contribution in [3.63, 3.8) is 0 Å². The maximum Gasteiger partial charge on any atom is 0.152 e. The molecule has 5 rings (SSSR count). The van der Waals surface area contributed by atoms with E-state index in [0.29, 0.717) is 18.3 Å². The van der Waals surface area contributed by atoms with Crippen LogP contribution in [0.2, 0.25) is 5.15 Å². The molecule has 0 aliphatic carbocycles. The lowest BCUT2D eigenvalue weighted by Gasteiger charge is -2.24. The van der Waals surface area contributed by atoms with Crippen LogP contribution < -0.4 is 4.74 Å². The van der Waals surface area contributed by atoms with Gasteiger partial charge in [-0.1, -0.05) is 67.4 Å². The molecule has 1 N–H and O–H groups in total. The number of H-pyrrole nitrogens is 1. The Kier molecular flexibility index (Phi) is 8.70. The third kappa shape index (κ3) is 6.38. The van der Waals surface area contributed by atoms with Crippen LogP contribution in [0.3, 0.4) is 0 Å². The molecule has 0 fully saturated rings. The molecular weight excluding hydrogens is 504 g/mol. The topological polar surface area (TPSA) is 46.1 Å². The van der Waals surface area contributed by atoms with Crippen LogP contribution in [0.15, 0.2) is 79.0 Å². The number of aromatic amines is 1. The van der Waals surface area contributed by atoms with Gasteiger partial charge in [-0.15, -0.1) is 0 Å². The van der Waals surface area contributed by atoms with Crippen LogP contribution in [-0.2, 0) is 26.2 Å². The summed E-state index contributed by atoms with van der Waals surface area (Å²) in [6.07, 6.45) is 4.16. The van der Waals surface area contributed by atoms with Gasteiger partial charge in [0.15, 0.2) is 5.15 Å². The van der Waals surface area contributed by atoms with E-state index >= 15 is 0 Å². The monoisotopic (exact) mass is 540 g/mol. The van der Waals surface area contributed by atoms with E-state index in [0.717, 1.165) is 60.8 Å². The number of unbranched alkanes of at least 4 members (excludes halogenated alkanes) is 1. The summed E-state index contributed by atoms with van der Waals surface area (Å²) < 4.78 is 8.13. The van der Waals surface area contributed by atoms with E-state index in [2.05, 4.69) is 95.0 Å². The summed E-state index contributed by atoms with van der Waals surface area (Å²) >= 11 is 6.93. The molecule has 0 saturated heterocycles. The number of hydrogen-bond donors (Lipinski definition) is 1. The van der Waals surface area contributed by atoms with Gasteiger partial charge in [0.05, 0.1) is 12.3 Å². The first-order valence-corrected chi connectivity index (χ1v) is 14.2. The second kappa shape index (κ2) is 12.5. The number of halogens is 1. The Morgan fingerprint density at radius 1 is 0.923 bits per heavy atom. The summed E-state index contributed by atoms with van der Waals surface area (Å²) in [7, 11) is 0. The van der Waals surface area contributed by atoms with Gasteiger partial charge < -0.3 is 14.3 Å². The lowest BCUT2D eigenvalue weighted by molar-refractivity contribution is 0.240. The van der Waals surface area contributed by atoms with Crippen molar-refractivity contribution in [3.8, 4) is 17.1 Å². The number of ether oxygens (including phenoxy) is 1. The van der Waals surface area contributed by atoms with Crippen LogP contribution in [0.4, 0.5) is 0 Å². The van der Waals surface area contributed by atoms with E-state index in [1.807, 2.05) is 19.2 Å². The molecule has 6 heteroatoms. The molecule has 0 unspecified atom stereocenters. The van der Waals surface area contributed by atoms with E-state index in [1.165, 1.54) is 22.1 Å². The molecule has 0 atom stereocenters. The third-order valence-electron chi connectivity index (χ3n) is 7.16. The van der Waals surface area contributed by atoms with Crippen molar-refractivity contribution in [2.45, 2.75) is 59.8 Å². The quantitative estimate of drug-likeness (QED) is 0.173. The van der Waals surface area contributed by atoms with E-state index < -0.39 is 0 Å². The molecule has 202 valence electrons. The summed E-state index contributed by atoms with van der Waals surface area (Å²) in [5.74, 6) is 1.85. The number of hydrogen-bond acceptors (Lipinski definition) is 3.